The number of ether oxygens (including phenoxy) is 2. The Balaban J connectivity index is 1.66. The van der Waals surface area contributed by atoms with E-state index in [0.29, 0.717) is 23.7 Å². The van der Waals surface area contributed by atoms with Gasteiger partial charge in [0.05, 0.1) is 18.3 Å². The normalized spacial score (nSPS) is 17.0. The summed E-state index contributed by atoms with van der Waals surface area (Å²) >= 11 is 1.53. The molecule has 2 N–H and O–H groups in total. The third kappa shape index (κ3) is 4.00. The van der Waals surface area contributed by atoms with E-state index in [1.807, 2.05) is 5.38 Å². The van der Waals surface area contributed by atoms with Crippen LogP contribution in [0.3, 0.4) is 0 Å². The molecule has 0 aliphatic carbocycles. The standard InChI is InChI=1S/C16H19N3O3S/c1-21-15-6-11(16(20)19-12-4-5-17-7-12)2-3-14(15)22-8-13-9-23-10-18-13/h2-3,6,9-10,12,17H,4-5,7-8H2,1H3,(H,19,20). The number of benzene rings is 1. The lowest BCUT2D eigenvalue weighted by Crippen LogP contribution is -2.36. The molecule has 1 aromatic carbocycles. The summed E-state index contributed by atoms with van der Waals surface area (Å²) in [5.41, 5.74) is 3.20. The average Bonchev–Trinajstić information content (AvgIpc) is 3.26. The molecule has 1 aliphatic rings. The molecule has 1 aliphatic heterocycles. The first-order chi connectivity index (χ1) is 11.3. The monoisotopic (exact) mass is 333 g/mol. The van der Waals surface area contributed by atoms with Gasteiger partial charge in [-0.15, -0.1) is 11.3 Å². The molecule has 122 valence electrons. The number of nitrogens with zero attached hydrogens (tertiary/aromatic N) is 1. The Hall–Kier alpha value is -2.12. The molecule has 3 rings (SSSR count). The maximum Gasteiger partial charge on any atom is 0.251 e. The molecule has 2 aromatic rings. The summed E-state index contributed by atoms with van der Waals surface area (Å²) in [5.74, 6) is 1.04. The molecule has 1 atom stereocenters. The van der Waals surface area contributed by atoms with E-state index in [1.165, 1.54) is 11.3 Å². The first-order valence-electron chi connectivity index (χ1n) is 7.46. The van der Waals surface area contributed by atoms with Crippen LogP contribution >= 0.6 is 11.3 Å². The zero-order valence-electron chi connectivity index (χ0n) is 12.9. The van der Waals surface area contributed by atoms with Crippen molar-refractivity contribution in [3.63, 3.8) is 0 Å². The third-order valence-electron chi connectivity index (χ3n) is 3.68. The fourth-order valence-electron chi connectivity index (χ4n) is 2.44. The van der Waals surface area contributed by atoms with Crippen LogP contribution in [0.1, 0.15) is 22.5 Å². The van der Waals surface area contributed by atoms with Crippen LogP contribution in [-0.4, -0.2) is 37.1 Å². The van der Waals surface area contributed by atoms with Crippen molar-refractivity contribution >= 4 is 17.2 Å². The molecule has 7 heteroatoms. The summed E-state index contributed by atoms with van der Waals surface area (Å²) in [4.78, 5) is 16.5. The van der Waals surface area contributed by atoms with E-state index in [0.717, 1.165) is 25.2 Å². The summed E-state index contributed by atoms with van der Waals surface area (Å²) in [6, 6.07) is 5.40. The Morgan fingerprint density at radius 2 is 2.39 bits per heavy atom. The largest absolute Gasteiger partial charge is 0.493 e. The number of aromatic nitrogens is 1. The SMILES string of the molecule is COc1cc(C(=O)NC2CCNC2)ccc1OCc1cscn1. The average molecular weight is 333 g/mol. The summed E-state index contributed by atoms with van der Waals surface area (Å²) in [7, 11) is 1.56. The highest BCUT2D eigenvalue weighted by molar-refractivity contribution is 7.07. The zero-order valence-corrected chi connectivity index (χ0v) is 13.7. The van der Waals surface area contributed by atoms with E-state index in [9.17, 15) is 4.79 Å². The number of rotatable bonds is 6. The van der Waals surface area contributed by atoms with Gasteiger partial charge in [0.1, 0.15) is 6.61 Å². The highest BCUT2D eigenvalue weighted by Crippen LogP contribution is 2.29. The van der Waals surface area contributed by atoms with Crippen molar-refractivity contribution in [2.24, 2.45) is 0 Å². The summed E-state index contributed by atoms with van der Waals surface area (Å²) < 4.78 is 11.1. The van der Waals surface area contributed by atoms with Crippen molar-refractivity contribution in [3.05, 3.63) is 40.3 Å². The van der Waals surface area contributed by atoms with Crippen LogP contribution in [0.25, 0.3) is 0 Å². The van der Waals surface area contributed by atoms with Crippen LogP contribution in [0.2, 0.25) is 0 Å². The van der Waals surface area contributed by atoms with E-state index in [1.54, 1.807) is 30.8 Å². The van der Waals surface area contributed by atoms with E-state index in [-0.39, 0.29) is 11.9 Å². The quantitative estimate of drug-likeness (QED) is 0.844. The van der Waals surface area contributed by atoms with Gasteiger partial charge in [-0.1, -0.05) is 0 Å². The van der Waals surface area contributed by atoms with Crippen LogP contribution in [0.5, 0.6) is 11.5 Å². The molecule has 0 saturated carbocycles. The highest BCUT2D eigenvalue weighted by atomic mass is 32.1. The number of carbonyl (C=O) groups is 1. The van der Waals surface area contributed by atoms with Crippen molar-refractivity contribution in [2.45, 2.75) is 19.1 Å². The van der Waals surface area contributed by atoms with Gasteiger partial charge in [0, 0.05) is 23.5 Å². The number of hydrogen-bond donors (Lipinski definition) is 2. The van der Waals surface area contributed by atoms with E-state index in [2.05, 4.69) is 15.6 Å². The molecule has 2 heterocycles. The van der Waals surface area contributed by atoms with Crippen molar-refractivity contribution in [1.29, 1.82) is 0 Å². The molecule has 1 saturated heterocycles. The number of thiazole rings is 1. The van der Waals surface area contributed by atoms with Gasteiger partial charge in [-0.25, -0.2) is 4.98 Å². The first-order valence-corrected chi connectivity index (χ1v) is 8.40. The number of carbonyl (C=O) groups excluding carboxylic acids is 1. The molecule has 23 heavy (non-hydrogen) atoms. The Labute approximate surface area is 138 Å². The molecule has 1 fully saturated rings. The molecule has 1 unspecified atom stereocenters. The maximum absolute atomic E-state index is 12.3. The zero-order chi connectivity index (χ0) is 16.1. The Kier molecular flexibility index (Phi) is 5.09. The molecule has 1 aromatic heterocycles. The van der Waals surface area contributed by atoms with Crippen LogP contribution in [0.15, 0.2) is 29.1 Å². The maximum atomic E-state index is 12.3. The van der Waals surface area contributed by atoms with E-state index < -0.39 is 0 Å². The van der Waals surface area contributed by atoms with Gasteiger partial charge in [-0.3, -0.25) is 4.79 Å². The summed E-state index contributed by atoms with van der Waals surface area (Å²) in [6.45, 7) is 2.13. The fraction of sp³-hybridized carbons (Fsp3) is 0.375. The van der Waals surface area contributed by atoms with E-state index >= 15 is 0 Å². The van der Waals surface area contributed by atoms with Gasteiger partial charge in [0.25, 0.3) is 5.91 Å². The Morgan fingerprint density at radius 3 is 3.09 bits per heavy atom. The van der Waals surface area contributed by atoms with Crippen LogP contribution < -0.4 is 20.1 Å². The predicted molar refractivity (Wildman–Crippen MR) is 88.2 cm³/mol. The van der Waals surface area contributed by atoms with Gasteiger partial charge in [0.15, 0.2) is 11.5 Å². The van der Waals surface area contributed by atoms with Gasteiger partial charge >= 0.3 is 0 Å². The molecule has 0 radical (unpaired) electrons. The lowest BCUT2D eigenvalue weighted by atomic mass is 10.1. The second-order valence-electron chi connectivity index (χ2n) is 5.30. The van der Waals surface area contributed by atoms with Crippen LogP contribution in [0.4, 0.5) is 0 Å². The van der Waals surface area contributed by atoms with Crippen molar-refractivity contribution in [2.75, 3.05) is 20.2 Å². The molecule has 6 nitrogen and oxygen atoms in total. The summed E-state index contributed by atoms with van der Waals surface area (Å²) in [6.07, 6.45) is 0.956. The van der Waals surface area contributed by atoms with Gasteiger partial charge < -0.3 is 20.1 Å². The molecular formula is C16H19N3O3S. The Morgan fingerprint density at radius 1 is 1.48 bits per heavy atom. The third-order valence-corrected chi connectivity index (χ3v) is 4.32. The topological polar surface area (TPSA) is 72.5 Å². The lowest BCUT2D eigenvalue weighted by Gasteiger charge is -2.14. The number of hydrogen-bond acceptors (Lipinski definition) is 6. The first kappa shape index (κ1) is 15.8. The van der Waals surface area contributed by atoms with Crippen LogP contribution in [-0.2, 0) is 6.61 Å². The number of nitrogens with one attached hydrogen (secondary N) is 2. The number of amides is 1. The van der Waals surface area contributed by atoms with Crippen molar-refractivity contribution < 1.29 is 14.3 Å². The molecular weight excluding hydrogens is 314 g/mol. The van der Waals surface area contributed by atoms with Crippen molar-refractivity contribution in [3.8, 4) is 11.5 Å². The second-order valence-corrected chi connectivity index (χ2v) is 6.02. The Bertz CT molecular complexity index is 655. The minimum Gasteiger partial charge on any atom is -0.493 e. The summed E-state index contributed by atoms with van der Waals surface area (Å²) in [5, 5.41) is 8.17. The van der Waals surface area contributed by atoms with E-state index in [4.69, 9.17) is 9.47 Å². The predicted octanol–water partition coefficient (Wildman–Crippen LogP) is 1.82. The molecule has 0 spiro atoms. The van der Waals surface area contributed by atoms with Gasteiger partial charge in [-0.2, -0.15) is 0 Å². The second kappa shape index (κ2) is 7.43. The van der Waals surface area contributed by atoms with Gasteiger partial charge in [0.2, 0.25) is 0 Å². The fourth-order valence-corrected chi connectivity index (χ4v) is 2.98. The van der Waals surface area contributed by atoms with Gasteiger partial charge in [-0.05, 0) is 31.2 Å². The smallest absolute Gasteiger partial charge is 0.251 e. The molecule has 1 amide bonds. The lowest BCUT2D eigenvalue weighted by molar-refractivity contribution is 0.0939. The van der Waals surface area contributed by atoms with Crippen molar-refractivity contribution in [1.82, 2.24) is 15.6 Å². The van der Waals surface area contributed by atoms with Crippen LogP contribution in [0, 0.1) is 0 Å². The minimum atomic E-state index is -0.0944. The highest BCUT2D eigenvalue weighted by Gasteiger charge is 2.18. The molecule has 0 bridgehead atoms. The number of methoxy groups -OCH3 is 1. The minimum absolute atomic E-state index is 0.0944.